The third kappa shape index (κ3) is 3.31. The molecule has 1 rings (SSSR count). The largest absolute Gasteiger partial charge is 0.327 e. The van der Waals surface area contributed by atoms with Gasteiger partial charge in [-0.2, -0.15) is 0 Å². The second-order valence-electron chi connectivity index (χ2n) is 2.43. The summed E-state index contributed by atoms with van der Waals surface area (Å²) < 4.78 is 0. The first-order chi connectivity index (χ1) is 6.61. The Labute approximate surface area is 89.5 Å². The Kier molecular flexibility index (Phi) is 3.84. The van der Waals surface area contributed by atoms with Crippen molar-refractivity contribution in [3.05, 3.63) is 11.1 Å². The standard InChI is InChI=1S/C7H8ClN3O2S/c1-4-3-14-7(9-4)11-6(13)10-5(12)2-8/h3H,2H2,1H3,(H2,9,10,11,12,13). The first-order valence-electron chi connectivity index (χ1n) is 3.70. The van der Waals surface area contributed by atoms with E-state index in [1.165, 1.54) is 11.3 Å². The summed E-state index contributed by atoms with van der Waals surface area (Å²) in [4.78, 5) is 25.7. The van der Waals surface area contributed by atoms with Crippen molar-refractivity contribution < 1.29 is 9.59 Å². The molecule has 0 atom stereocenters. The number of halogens is 1. The number of carbonyl (C=O) groups excluding carboxylic acids is 2. The molecule has 0 spiro atoms. The van der Waals surface area contributed by atoms with Gasteiger partial charge in [-0.15, -0.1) is 22.9 Å². The number of alkyl halides is 1. The van der Waals surface area contributed by atoms with E-state index in [1.807, 2.05) is 12.2 Å². The fourth-order valence-corrected chi connectivity index (χ4v) is 1.45. The second kappa shape index (κ2) is 4.92. The Balaban J connectivity index is 2.45. The van der Waals surface area contributed by atoms with Gasteiger partial charge in [-0.1, -0.05) is 0 Å². The van der Waals surface area contributed by atoms with E-state index in [1.54, 1.807) is 5.38 Å². The Bertz CT molecular complexity index is 352. The van der Waals surface area contributed by atoms with Gasteiger partial charge in [-0.25, -0.2) is 9.78 Å². The number of anilines is 1. The summed E-state index contributed by atoms with van der Waals surface area (Å²) in [5, 5.41) is 6.68. The first-order valence-corrected chi connectivity index (χ1v) is 5.12. The lowest BCUT2D eigenvalue weighted by molar-refractivity contribution is -0.117. The molecule has 0 aliphatic rings. The molecule has 0 saturated carbocycles. The summed E-state index contributed by atoms with van der Waals surface area (Å²) in [6.07, 6.45) is 0. The number of rotatable bonds is 2. The van der Waals surface area contributed by atoms with E-state index in [-0.39, 0.29) is 5.88 Å². The molecule has 0 aliphatic heterocycles. The average molecular weight is 234 g/mol. The zero-order valence-electron chi connectivity index (χ0n) is 7.33. The van der Waals surface area contributed by atoms with Crippen molar-refractivity contribution in [2.75, 3.05) is 11.2 Å². The van der Waals surface area contributed by atoms with Gasteiger partial charge in [0.1, 0.15) is 5.88 Å². The number of nitrogens with zero attached hydrogens (tertiary/aromatic N) is 1. The van der Waals surface area contributed by atoms with E-state index in [9.17, 15) is 9.59 Å². The molecule has 76 valence electrons. The van der Waals surface area contributed by atoms with E-state index < -0.39 is 11.9 Å². The fraction of sp³-hybridized carbons (Fsp3) is 0.286. The van der Waals surface area contributed by atoms with Crippen LogP contribution in [0.1, 0.15) is 5.69 Å². The molecule has 1 aromatic rings. The van der Waals surface area contributed by atoms with Crippen molar-refractivity contribution >= 4 is 40.0 Å². The number of amides is 3. The average Bonchev–Trinajstić information content (AvgIpc) is 2.50. The molecule has 7 heteroatoms. The molecule has 5 nitrogen and oxygen atoms in total. The summed E-state index contributed by atoms with van der Waals surface area (Å²) in [5.41, 5.74) is 0.814. The predicted molar refractivity (Wildman–Crippen MR) is 54.7 cm³/mol. The topological polar surface area (TPSA) is 71.1 Å². The highest BCUT2D eigenvalue weighted by Gasteiger charge is 2.07. The number of nitrogens with one attached hydrogen (secondary N) is 2. The molecule has 2 N–H and O–H groups in total. The number of thiazole rings is 1. The minimum absolute atomic E-state index is 0.246. The molecule has 0 radical (unpaired) electrons. The van der Waals surface area contributed by atoms with Crippen LogP contribution in [-0.2, 0) is 4.79 Å². The Morgan fingerprint density at radius 2 is 2.36 bits per heavy atom. The van der Waals surface area contributed by atoms with Gasteiger partial charge in [0.05, 0.1) is 5.69 Å². The number of hydrogen-bond acceptors (Lipinski definition) is 4. The minimum atomic E-state index is -0.620. The number of aromatic nitrogens is 1. The van der Waals surface area contributed by atoms with Gasteiger partial charge >= 0.3 is 6.03 Å². The van der Waals surface area contributed by atoms with Gasteiger partial charge in [0.2, 0.25) is 5.91 Å². The number of urea groups is 1. The van der Waals surface area contributed by atoms with Crippen LogP contribution >= 0.6 is 22.9 Å². The molecule has 3 amide bonds. The van der Waals surface area contributed by atoms with Crippen molar-refractivity contribution in [3.63, 3.8) is 0 Å². The zero-order chi connectivity index (χ0) is 10.6. The SMILES string of the molecule is Cc1csc(NC(=O)NC(=O)CCl)n1. The fourth-order valence-electron chi connectivity index (χ4n) is 0.700. The molecule has 0 aliphatic carbocycles. The molecule has 0 bridgehead atoms. The van der Waals surface area contributed by atoms with Crippen LogP contribution in [0.15, 0.2) is 5.38 Å². The molecular weight excluding hydrogens is 226 g/mol. The predicted octanol–water partition coefficient (Wildman–Crippen LogP) is 1.34. The van der Waals surface area contributed by atoms with Crippen LogP contribution in [0.4, 0.5) is 9.93 Å². The van der Waals surface area contributed by atoms with E-state index in [0.29, 0.717) is 5.13 Å². The van der Waals surface area contributed by atoms with Crippen LogP contribution in [0.2, 0.25) is 0 Å². The molecule has 0 fully saturated rings. The van der Waals surface area contributed by atoms with Crippen molar-refractivity contribution in [2.24, 2.45) is 0 Å². The summed E-state index contributed by atoms with van der Waals surface area (Å²) in [6, 6.07) is -0.620. The first kappa shape index (κ1) is 10.9. The Hall–Kier alpha value is -1.14. The number of aryl methyl sites for hydroxylation is 1. The van der Waals surface area contributed by atoms with E-state index in [0.717, 1.165) is 5.69 Å². The maximum Gasteiger partial charge on any atom is 0.327 e. The van der Waals surface area contributed by atoms with Crippen LogP contribution in [-0.4, -0.2) is 22.8 Å². The van der Waals surface area contributed by atoms with Crippen molar-refractivity contribution in [1.82, 2.24) is 10.3 Å². The molecule has 0 aromatic carbocycles. The lowest BCUT2D eigenvalue weighted by Crippen LogP contribution is -2.35. The minimum Gasteiger partial charge on any atom is -0.283 e. The summed E-state index contributed by atoms with van der Waals surface area (Å²) in [5.74, 6) is -0.790. The molecular formula is C7H8ClN3O2S. The molecule has 0 saturated heterocycles. The van der Waals surface area contributed by atoms with Crippen molar-refractivity contribution in [1.29, 1.82) is 0 Å². The van der Waals surface area contributed by atoms with Crippen LogP contribution in [0, 0.1) is 6.92 Å². The normalized spacial score (nSPS) is 9.57. The van der Waals surface area contributed by atoms with Gasteiger partial charge in [0.15, 0.2) is 5.13 Å². The number of carbonyl (C=O) groups is 2. The summed E-state index contributed by atoms with van der Waals surface area (Å²) in [7, 11) is 0. The zero-order valence-corrected chi connectivity index (χ0v) is 8.91. The lowest BCUT2D eigenvalue weighted by atomic mass is 10.6. The van der Waals surface area contributed by atoms with Crippen LogP contribution < -0.4 is 10.6 Å². The maximum atomic E-state index is 11.1. The highest BCUT2D eigenvalue weighted by Crippen LogP contribution is 2.13. The quantitative estimate of drug-likeness (QED) is 0.758. The van der Waals surface area contributed by atoms with E-state index in [2.05, 4.69) is 10.3 Å². The summed E-state index contributed by atoms with van der Waals surface area (Å²) in [6.45, 7) is 1.81. The van der Waals surface area contributed by atoms with Gasteiger partial charge in [-0.05, 0) is 6.92 Å². The second-order valence-corrected chi connectivity index (χ2v) is 3.56. The highest BCUT2D eigenvalue weighted by molar-refractivity contribution is 7.13. The van der Waals surface area contributed by atoms with E-state index >= 15 is 0 Å². The maximum absolute atomic E-state index is 11.1. The van der Waals surface area contributed by atoms with Crippen LogP contribution in [0.3, 0.4) is 0 Å². The summed E-state index contributed by atoms with van der Waals surface area (Å²) >= 11 is 6.48. The Morgan fingerprint density at radius 1 is 1.64 bits per heavy atom. The van der Waals surface area contributed by atoms with Gasteiger partial charge in [0.25, 0.3) is 0 Å². The van der Waals surface area contributed by atoms with Crippen LogP contribution in [0.5, 0.6) is 0 Å². The number of hydrogen-bond donors (Lipinski definition) is 2. The van der Waals surface area contributed by atoms with E-state index in [4.69, 9.17) is 11.6 Å². The van der Waals surface area contributed by atoms with Gasteiger partial charge in [0, 0.05) is 5.38 Å². The monoisotopic (exact) mass is 233 g/mol. The number of imide groups is 1. The third-order valence-electron chi connectivity index (χ3n) is 1.21. The molecule has 1 aromatic heterocycles. The van der Waals surface area contributed by atoms with Crippen LogP contribution in [0.25, 0.3) is 0 Å². The molecule has 0 unspecified atom stereocenters. The van der Waals surface area contributed by atoms with Gasteiger partial charge in [-0.3, -0.25) is 15.4 Å². The van der Waals surface area contributed by atoms with Crippen molar-refractivity contribution in [3.8, 4) is 0 Å². The molecule has 1 heterocycles. The third-order valence-corrected chi connectivity index (χ3v) is 2.33. The Morgan fingerprint density at radius 3 is 2.86 bits per heavy atom. The van der Waals surface area contributed by atoms with Crippen molar-refractivity contribution in [2.45, 2.75) is 6.92 Å². The smallest absolute Gasteiger partial charge is 0.283 e. The lowest BCUT2D eigenvalue weighted by Gasteiger charge is -2.00. The van der Waals surface area contributed by atoms with Gasteiger partial charge < -0.3 is 0 Å². The highest BCUT2D eigenvalue weighted by atomic mass is 35.5. The molecule has 14 heavy (non-hydrogen) atoms.